The van der Waals surface area contributed by atoms with Crippen LogP contribution in [0.1, 0.15) is 11.1 Å². The second-order valence-corrected chi connectivity index (χ2v) is 5.17. The first-order valence-electron chi connectivity index (χ1n) is 7.21. The highest BCUT2D eigenvalue weighted by Gasteiger charge is 2.09. The van der Waals surface area contributed by atoms with E-state index in [1.54, 1.807) is 12.1 Å². The molecule has 0 spiro atoms. The fraction of sp³-hybridized carbons (Fsp3) is 0.167. The van der Waals surface area contributed by atoms with Gasteiger partial charge in [-0.2, -0.15) is 0 Å². The van der Waals surface area contributed by atoms with Crippen LogP contribution in [-0.2, 0) is 22.4 Å². The van der Waals surface area contributed by atoms with E-state index in [1.807, 2.05) is 42.6 Å². The zero-order valence-corrected chi connectivity index (χ0v) is 12.1. The predicted octanol–water partition coefficient (Wildman–Crippen LogP) is 3.20. The highest BCUT2D eigenvalue weighted by Crippen LogP contribution is 2.18. The lowest BCUT2D eigenvalue weighted by molar-refractivity contribution is -0.142. The van der Waals surface area contributed by atoms with Crippen LogP contribution in [0.3, 0.4) is 0 Å². The summed E-state index contributed by atoms with van der Waals surface area (Å²) in [7, 11) is 0. The highest BCUT2D eigenvalue weighted by atomic mass is 16.5. The number of ether oxygens (including phenoxy) is 1. The van der Waals surface area contributed by atoms with Crippen molar-refractivity contribution in [1.29, 1.82) is 0 Å². The molecule has 0 aliphatic rings. The quantitative estimate of drug-likeness (QED) is 0.711. The van der Waals surface area contributed by atoms with Crippen molar-refractivity contribution in [3.8, 4) is 5.75 Å². The minimum Gasteiger partial charge on any atom is -0.508 e. The summed E-state index contributed by atoms with van der Waals surface area (Å²) in [6, 6.07) is 14.8. The van der Waals surface area contributed by atoms with Gasteiger partial charge in [0.15, 0.2) is 0 Å². The molecule has 0 saturated heterocycles. The van der Waals surface area contributed by atoms with Gasteiger partial charge in [-0.3, -0.25) is 4.79 Å². The van der Waals surface area contributed by atoms with Crippen LogP contribution in [-0.4, -0.2) is 22.7 Å². The first-order valence-corrected chi connectivity index (χ1v) is 7.21. The van der Waals surface area contributed by atoms with E-state index in [0.717, 1.165) is 22.0 Å². The number of benzene rings is 2. The standard InChI is InChI=1S/C18H17NO3/c20-15-7-5-13(6-8-15)9-10-22-18(21)11-14-12-19-17-4-2-1-3-16(14)17/h1-8,12,19-20H,9-11H2. The topological polar surface area (TPSA) is 62.3 Å². The molecule has 0 radical (unpaired) electrons. The molecule has 2 N–H and O–H groups in total. The molecule has 0 aliphatic heterocycles. The maximum atomic E-state index is 11.9. The van der Waals surface area contributed by atoms with Gasteiger partial charge in [0.25, 0.3) is 0 Å². The van der Waals surface area contributed by atoms with Crippen LogP contribution in [0.2, 0.25) is 0 Å². The number of phenols is 1. The third-order valence-corrected chi connectivity index (χ3v) is 3.60. The number of rotatable bonds is 5. The first-order chi connectivity index (χ1) is 10.7. The summed E-state index contributed by atoms with van der Waals surface area (Å²) in [5.74, 6) is 0.00334. The van der Waals surface area contributed by atoms with Crippen LogP contribution in [0.15, 0.2) is 54.7 Å². The van der Waals surface area contributed by atoms with Crippen molar-refractivity contribution in [2.24, 2.45) is 0 Å². The van der Waals surface area contributed by atoms with Crippen molar-refractivity contribution >= 4 is 16.9 Å². The van der Waals surface area contributed by atoms with Crippen molar-refractivity contribution in [3.63, 3.8) is 0 Å². The van der Waals surface area contributed by atoms with E-state index < -0.39 is 0 Å². The van der Waals surface area contributed by atoms with Crippen molar-refractivity contribution < 1.29 is 14.6 Å². The van der Waals surface area contributed by atoms with Gasteiger partial charge in [0.05, 0.1) is 13.0 Å². The number of para-hydroxylation sites is 1. The number of esters is 1. The van der Waals surface area contributed by atoms with Crippen LogP contribution < -0.4 is 0 Å². The number of nitrogens with one attached hydrogen (secondary N) is 1. The van der Waals surface area contributed by atoms with Gasteiger partial charge in [-0.15, -0.1) is 0 Å². The van der Waals surface area contributed by atoms with E-state index in [2.05, 4.69) is 4.98 Å². The maximum Gasteiger partial charge on any atom is 0.310 e. The second-order valence-electron chi connectivity index (χ2n) is 5.17. The highest BCUT2D eigenvalue weighted by molar-refractivity contribution is 5.87. The average Bonchev–Trinajstić information content (AvgIpc) is 2.93. The number of H-pyrrole nitrogens is 1. The van der Waals surface area contributed by atoms with Crippen LogP contribution in [0.25, 0.3) is 10.9 Å². The summed E-state index contributed by atoms with van der Waals surface area (Å²) < 4.78 is 5.28. The minimum absolute atomic E-state index is 0.233. The smallest absolute Gasteiger partial charge is 0.310 e. The van der Waals surface area contributed by atoms with Crippen molar-refractivity contribution in [2.45, 2.75) is 12.8 Å². The van der Waals surface area contributed by atoms with Gasteiger partial charge in [0, 0.05) is 23.5 Å². The number of hydrogen-bond donors (Lipinski definition) is 2. The number of aromatic hydroxyl groups is 1. The van der Waals surface area contributed by atoms with Gasteiger partial charge in [0.1, 0.15) is 5.75 Å². The fourth-order valence-electron chi connectivity index (χ4n) is 2.43. The van der Waals surface area contributed by atoms with Crippen molar-refractivity contribution in [2.75, 3.05) is 6.61 Å². The monoisotopic (exact) mass is 295 g/mol. The minimum atomic E-state index is -0.233. The van der Waals surface area contributed by atoms with Crippen LogP contribution in [0, 0.1) is 0 Å². The molecule has 4 heteroatoms. The molecule has 2 aromatic carbocycles. The van der Waals surface area contributed by atoms with Crippen molar-refractivity contribution in [1.82, 2.24) is 4.98 Å². The normalized spacial score (nSPS) is 10.7. The first kappa shape index (κ1) is 14.2. The number of aromatic amines is 1. The Balaban J connectivity index is 1.53. The van der Waals surface area contributed by atoms with E-state index in [0.29, 0.717) is 13.0 Å². The number of phenolic OH excluding ortho intramolecular Hbond substituents is 1. The van der Waals surface area contributed by atoms with E-state index in [4.69, 9.17) is 4.74 Å². The molecule has 4 nitrogen and oxygen atoms in total. The third kappa shape index (κ3) is 3.28. The summed E-state index contributed by atoms with van der Waals surface area (Å²) in [5, 5.41) is 10.3. The number of fused-ring (bicyclic) bond motifs is 1. The Morgan fingerprint density at radius 1 is 1.09 bits per heavy atom. The van der Waals surface area contributed by atoms with Gasteiger partial charge in [-0.05, 0) is 29.3 Å². The van der Waals surface area contributed by atoms with Gasteiger partial charge >= 0.3 is 5.97 Å². The molecule has 3 aromatic rings. The molecule has 0 saturated carbocycles. The molecule has 0 unspecified atom stereocenters. The van der Waals surface area contributed by atoms with Gasteiger partial charge in [-0.25, -0.2) is 0 Å². The molecule has 0 amide bonds. The molecule has 22 heavy (non-hydrogen) atoms. The number of carbonyl (C=O) groups excluding carboxylic acids is 1. The predicted molar refractivity (Wildman–Crippen MR) is 84.8 cm³/mol. The van der Waals surface area contributed by atoms with Gasteiger partial charge in [-0.1, -0.05) is 30.3 Å². The molecular weight excluding hydrogens is 278 g/mol. The Morgan fingerprint density at radius 2 is 1.86 bits per heavy atom. The molecule has 112 valence electrons. The Hall–Kier alpha value is -2.75. The number of hydrogen-bond acceptors (Lipinski definition) is 3. The summed E-state index contributed by atoms with van der Waals surface area (Å²) in [4.78, 5) is 15.1. The summed E-state index contributed by atoms with van der Waals surface area (Å²) in [6.45, 7) is 0.339. The van der Waals surface area contributed by atoms with Crippen LogP contribution in [0.4, 0.5) is 0 Å². The molecule has 0 aliphatic carbocycles. The Bertz CT molecular complexity index is 774. The van der Waals surface area contributed by atoms with E-state index >= 15 is 0 Å². The molecule has 1 aromatic heterocycles. The molecule has 0 bridgehead atoms. The lowest BCUT2D eigenvalue weighted by Crippen LogP contribution is -2.10. The lowest BCUT2D eigenvalue weighted by atomic mass is 10.1. The van der Waals surface area contributed by atoms with Crippen LogP contribution in [0.5, 0.6) is 5.75 Å². The molecular formula is C18H17NO3. The lowest BCUT2D eigenvalue weighted by Gasteiger charge is -2.05. The molecule has 3 rings (SSSR count). The fourth-order valence-corrected chi connectivity index (χ4v) is 2.43. The number of carbonyl (C=O) groups is 1. The van der Waals surface area contributed by atoms with E-state index in [1.165, 1.54) is 0 Å². The van der Waals surface area contributed by atoms with Gasteiger partial charge in [0.2, 0.25) is 0 Å². The van der Waals surface area contributed by atoms with Crippen molar-refractivity contribution in [3.05, 3.63) is 65.9 Å². The SMILES string of the molecule is O=C(Cc1c[nH]c2ccccc12)OCCc1ccc(O)cc1. The Morgan fingerprint density at radius 3 is 2.68 bits per heavy atom. The average molecular weight is 295 g/mol. The Labute approximate surface area is 128 Å². The summed E-state index contributed by atoms with van der Waals surface area (Å²) in [5.41, 5.74) is 3.00. The molecule has 0 fully saturated rings. The largest absolute Gasteiger partial charge is 0.508 e. The molecule has 1 heterocycles. The zero-order chi connectivity index (χ0) is 15.4. The second kappa shape index (κ2) is 6.35. The van der Waals surface area contributed by atoms with E-state index in [-0.39, 0.29) is 18.1 Å². The van der Waals surface area contributed by atoms with Gasteiger partial charge < -0.3 is 14.8 Å². The Kier molecular flexibility index (Phi) is 4.10. The summed E-state index contributed by atoms with van der Waals surface area (Å²) in [6.07, 6.45) is 2.76. The van der Waals surface area contributed by atoms with E-state index in [9.17, 15) is 9.90 Å². The number of aromatic nitrogens is 1. The summed E-state index contributed by atoms with van der Waals surface area (Å²) >= 11 is 0. The zero-order valence-electron chi connectivity index (χ0n) is 12.1. The van der Waals surface area contributed by atoms with Crippen LogP contribution >= 0.6 is 0 Å². The molecule has 0 atom stereocenters. The third-order valence-electron chi connectivity index (χ3n) is 3.60. The maximum absolute atomic E-state index is 11.9.